The minimum absolute atomic E-state index is 0.189. The molecule has 0 spiro atoms. The van der Waals surface area contributed by atoms with Crippen molar-refractivity contribution in [2.24, 2.45) is 0 Å². The van der Waals surface area contributed by atoms with Crippen molar-refractivity contribution in [2.75, 3.05) is 31.1 Å². The molecule has 1 aliphatic heterocycles. The van der Waals surface area contributed by atoms with Gasteiger partial charge >= 0.3 is 0 Å². The van der Waals surface area contributed by atoms with Crippen molar-refractivity contribution in [3.8, 4) is 5.82 Å². The van der Waals surface area contributed by atoms with Gasteiger partial charge in [0.15, 0.2) is 5.82 Å². The van der Waals surface area contributed by atoms with E-state index in [-0.39, 0.29) is 5.82 Å². The highest BCUT2D eigenvalue weighted by atomic mass is 19.1. The normalized spacial score (nSPS) is 15.4. The zero-order chi connectivity index (χ0) is 17.9. The molecule has 0 amide bonds. The lowest BCUT2D eigenvalue weighted by molar-refractivity contribution is 0.249. The van der Waals surface area contributed by atoms with Crippen molar-refractivity contribution in [1.29, 1.82) is 0 Å². The summed E-state index contributed by atoms with van der Waals surface area (Å²) in [5.41, 5.74) is 1.14. The van der Waals surface area contributed by atoms with Gasteiger partial charge in [-0.05, 0) is 30.7 Å². The topological polar surface area (TPSA) is 50.1 Å². The van der Waals surface area contributed by atoms with Gasteiger partial charge in [0.2, 0.25) is 0 Å². The second-order valence-electron chi connectivity index (χ2n) is 6.47. The second-order valence-corrected chi connectivity index (χ2v) is 6.47. The summed E-state index contributed by atoms with van der Waals surface area (Å²) >= 11 is 0. The maximum Gasteiger partial charge on any atom is 0.159 e. The smallest absolute Gasteiger partial charge is 0.159 e. The quantitative estimate of drug-likeness (QED) is 0.722. The van der Waals surface area contributed by atoms with E-state index in [0.717, 1.165) is 55.7 Å². The summed E-state index contributed by atoms with van der Waals surface area (Å²) in [6, 6.07) is 10.6. The van der Waals surface area contributed by atoms with Gasteiger partial charge in [-0.3, -0.25) is 4.90 Å². The SMILES string of the molecule is Cc1nc(N2CCN(Cc3ccc(F)cc3)CC2)cc(-n2cccn2)n1. The summed E-state index contributed by atoms with van der Waals surface area (Å²) in [7, 11) is 0. The van der Waals surface area contributed by atoms with Gasteiger partial charge in [0.25, 0.3) is 0 Å². The van der Waals surface area contributed by atoms with Crippen molar-refractivity contribution < 1.29 is 4.39 Å². The van der Waals surface area contributed by atoms with Crippen LogP contribution in [0, 0.1) is 12.7 Å². The Bertz CT molecular complexity index is 854. The molecule has 1 aromatic carbocycles. The lowest BCUT2D eigenvalue weighted by atomic mass is 10.2. The third-order valence-electron chi connectivity index (χ3n) is 4.57. The fraction of sp³-hybridized carbons (Fsp3) is 0.316. The standard InChI is InChI=1S/C19H21FN6/c1-15-22-18(13-19(23-15)26-8-2-7-21-26)25-11-9-24(10-12-25)14-16-3-5-17(20)6-4-16/h2-8,13H,9-12,14H2,1H3. The van der Waals surface area contributed by atoms with E-state index < -0.39 is 0 Å². The molecule has 1 saturated heterocycles. The molecule has 0 radical (unpaired) electrons. The van der Waals surface area contributed by atoms with Crippen LogP contribution in [-0.2, 0) is 6.54 Å². The van der Waals surface area contributed by atoms with E-state index in [9.17, 15) is 4.39 Å². The lowest BCUT2D eigenvalue weighted by Gasteiger charge is -2.35. The molecule has 1 aliphatic rings. The Morgan fingerprint density at radius 2 is 1.73 bits per heavy atom. The van der Waals surface area contributed by atoms with Crippen LogP contribution in [0.1, 0.15) is 11.4 Å². The molecule has 1 fully saturated rings. The summed E-state index contributed by atoms with van der Waals surface area (Å²) in [4.78, 5) is 13.7. The van der Waals surface area contributed by atoms with Crippen molar-refractivity contribution >= 4 is 5.82 Å². The molecule has 0 saturated carbocycles. The van der Waals surface area contributed by atoms with Crippen LogP contribution in [0.3, 0.4) is 0 Å². The number of hydrogen-bond acceptors (Lipinski definition) is 5. The Balaban J connectivity index is 1.42. The predicted octanol–water partition coefficient (Wildman–Crippen LogP) is 2.43. The molecule has 6 nitrogen and oxygen atoms in total. The molecule has 7 heteroatoms. The number of halogens is 1. The van der Waals surface area contributed by atoms with Crippen LogP contribution in [0.15, 0.2) is 48.8 Å². The fourth-order valence-electron chi connectivity index (χ4n) is 3.20. The number of benzene rings is 1. The highest BCUT2D eigenvalue weighted by molar-refractivity contribution is 5.44. The van der Waals surface area contributed by atoms with Crippen LogP contribution in [0.4, 0.5) is 10.2 Å². The van der Waals surface area contributed by atoms with Gasteiger partial charge in [-0.2, -0.15) is 5.10 Å². The highest BCUT2D eigenvalue weighted by Crippen LogP contribution is 2.18. The summed E-state index contributed by atoms with van der Waals surface area (Å²) in [6.07, 6.45) is 3.62. The van der Waals surface area contributed by atoms with Gasteiger partial charge in [0, 0.05) is 51.2 Å². The summed E-state index contributed by atoms with van der Waals surface area (Å²) < 4.78 is 14.8. The predicted molar refractivity (Wildman–Crippen MR) is 97.8 cm³/mol. The lowest BCUT2D eigenvalue weighted by Crippen LogP contribution is -2.46. The van der Waals surface area contributed by atoms with E-state index in [2.05, 4.69) is 24.9 Å². The van der Waals surface area contributed by atoms with Crippen molar-refractivity contribution in [2.45, 2.75) is 13.5 Å². The number of piperazine rings is 1. The molecule has 3 heterocycles. The number of rotatable bonds is 4. The number of aryl methyl sites for hydroxylation is 1. The van der Waals surface area contributed by atoms with Crippen LogP contribution in [0.2, 0.25) is 0 Å². The first-order chi connectivity index (χ1) is 12.7. The van der Waals surface area contributed by atoms with Gasteiger partial charge in [-0.1, -0.05) is 12.1 Å². The Kier molecular flexibility index (Phi) is 4.62. The van der Waals surface area contributed by atoms with E-state index in [1.165, 1.54) is 12.1 Å². The minimum Gasteiger partial charge on any atom is -0.354 e. The Morgan fingerprint density at radius 3 is 2.42 bits per heavy atom. The summed E-state index contributed by atoms with van der Waals surface area (Å²) in [5, 5.41) is 4.25. The highest BCUT2D eigenvalue weighted by Gasteiger charge is 2.19. The molecule has 4 rings (SSSR count). The van der Waals surface area contributed by atoms with Crippen molar-refractivity contribution in [1.82, 2.24) is 24.6 Å². The third-order valence-corrected chi connectivity index (χ3v) is 4.57. The number of aromatic nitrogens is 4. The number of anilines is 1. The Morgan fingerprint density at radius 1 is 1.00 bits per heavy atom. The first-order valence-corrected chi connectivity index (χ1v) is 8.75. The zero-order valence-corrected chi connectivity index (χ0v) is 14.7. The molecule has 0 N–H and O–H groups in total. The van der Waals surface area contributed by atoms with Crippen LogP contribution < -0.4 is 4.90 Å². The monoisotopic (exact) mass is 352 g/mol. The van der Waals surface area contributed by atoms with Crippen molar-refractivity contribution in [3.63, 3.8) is 0 Å². The fourth-order valence-corrected chi connectivity index (χ4v) is 3.20. The van der Waals surface area contributed by atoms with E-state index in [0.29, 0.717) is 0 Å². The van der Waals surface area contributed by atoms with Crippen LogP contribution >= 0.6 is 0 Å². The average molecular weight is 352 g/mol. The molecule has 3 aromatic rings. The maximum absolute atomic E-state index is 13.0. The molecule has 0 unspecified atom stereocenters. The number of hydrogen-bond donors (Lipinski definition) is 0. The maximum atomic E-state index is 13.0. The molecule has 134 valence electrons. The zero-order valence-electron chi connectivity index (χ0n) is 14.7. The van der Waals surface area contributed by atoms with Crippen molar-refractivity contribution in [3.05, 3.63) is 66.0 Å². The molecule has 0 aliphatic carbocycles. The van der Waals surface area contributed by atoms with Crippen LogP contribution in [0.25, 0.3) is 5.82 Å². The van der Waals surface area contributed by atoms with E-state index in [1.807, 2.05) is 37.4 Å². The van der Waals surface area contributed by atoms with Gasteiger partial charge in [0.1, 0.15) is 17.5 Å². The van der Waals surface area contributed by atoms with Gasteiger partial charge in [0.05, 0.1) is 0 Å². The average Bonchev–Trinajstić information content (AvgIpc) is 3.19. The molecule has 26 heavy (non-hydrogen) atoms. The first-order valence-electron chi connectivity index (χ1n) is 8.75. The van der Waals surface area contributed by atoms with E-state index in [1.54, 1.807) is 10.9 Å². The van der Waals surface area contributed by atoms with E-state index in [4.69, 9.17) is 0 Å². The molecule has 0 atom stereocenters. The van der Waals surface area contributed by atoms with Gasteiger partial charge < -0.3 is 4.90 Å². The Labute approximate surface area is 151 Å². The minimum atomic E-state index is -0.189. The number of nitrogens with zero attached hydrogens (tertiary/aromatic N) is 6. The Hall–Kier alpha value is -2.80. The van der Waals surface area contributed by atoms with E-state index >= 15 is 0 Å². The third kappa shape index (κ3) is 3.72. The molecule has 0 bridgehead atoms. The van der Waals surface area contributed by atoms with Crippen LogP contribution in [-0.4, -0.2) is 50.8 Å². The summed E-state index contributed by atoms with van der Waals surface area (Å²) in [6.45, 7) is 6.43. The van der Waals surface area contributed by atoms with Crippen LogP contribution in [0.5, 0.6) is 0 Å². The largest absolute Gasteiger partial charge is 0.354 e. The molecule has 2 aromatic heterocycles. The second kappa shape index (κ2) is 7.21. The van der Waals surface area contributed by atoms with Gasteiger partial charge in [-0.15, -0.1) is 0 Å². The molecular formula is C19H21FN6. The summed E-state index contributed by atoms with van der Waals surface area (Å²) in [5.74, 6) is 2.27. The van der Waals surface area contributed by atoms with Gasteiger partial charge in [-0.25, -0.2) is 19.0 Å². The first kappa shape index (κ1) is 16.7. The molecular weight excluding hydrogens is 331 g/mol.